The lowest BCUT2D eigenvalue weighted by Crippen LogP contribution is -2.34. The Hall–Kier alpha value is -2.40. The molecule has 12 heteroatoms. The van der Waals surface area contributed by atoms with E-state index < -0.39 is 17.8 Å². The summed E-state index contributed by atoms with van der Waals surface area (Å²) in [5.74, 6) is -0.893. The molecule has 0 bridgehead atoms. The van der Waals surface area contributed by atoms with Crippen molar-refractivity contribution in [3.05, 3.63) is 80.8 Å². The molecule has 1 aromatic heterocycles. The number of benzene rings is 2. The lowest BCUT2D eigenvalue weighted by molar-refractivity contribution is -0.113. The van der Waals surface area contributed by atoms with E-state index in [1.54, 1.807) is 28.8 Å². The van der Waals surface area contributed by atoms with Crippen LogP contribution in [-0.4, -0.2) is 32.3 Å². The zero-order chi connectivity index (χ0) is 26.4. The molecule has 0 radical (unpaired) electrons. The molecule has 0 unspecified atom stereocenters. The molecule has 36 heavy (non-hydrogen) atoms. The summed E-state index contributed by atoms with van der Waals surface area (Å²) in [6.45, 7) is 8.02. The molecule has 0 aliphatic carbocycles. The molecular weight excluding hydrogens is 592 g/mol. The molecule has 0 saturated heterocycles. The molecule has 0 aliphatic rings. The number of carbonyl (C=O) groups excluding carboxylic acids is 2. The van der Waals surface area contributed by atoms with Crippen LogP contribution in [-0.2, 0) is 11.3 Å². The standard InChI is InChI=1S/C24H23BrCl2FN5O2S/c1-4-9-33-22(21(13(2)3)30-23(35)16-7-6-15(26)11-17(16)27)31-32-24(33)36-12-20(34)29-19-8-5-14(25)10-18(19)28/h4-8,10-11,13,21H,1,9,12H2,2-3H3,(H,29,34)(H,30,35)/t21-/m0/s1. The van der Waals surface area contributed by atoms with E-state index in [-0.39, 0.29) is 33.9 Å². The monoisotopic (exact) mass is 613 g/mol. The summed E-state index contributed by atoms with van der Waals surface area (Å²) in [6, 6.07) is 8.53. The minimum Gasteiger partial charge on any atom is -0.342 e. The van der Waals surface area contributed by atoms with Gasteiger partial charge in [0.1, 0.15) is 5.82 Å². The van der Waals surface area contributed by atoms with Crippen molar-refractivity contribution in [2.24, 2.45) is 5.92 Å². The second kappa shape index (κ2) is 12.7. The van der Waals surface area contributed by atoms with Crippen LogP contribution in [0.25, 0.3) is 0 Å². The van der Waals surface area contributed by atoms with E-state index >= 15 is 0 Å². The second-order valence-electron chi connectivity index (χ2n) is 8.02. The highest BCUT2D eigenvalue weighted by Crippen LogP contribution is 2.28. The van der Waals surface area contributed by atoms with E-state index in [4.69, 9.17) is 23.2 Å². The lowest BCUT2D eigenvalue weighted by atomic mass is 10.0. The van der Waals surface area contributed by atoms with Gasteiger partial charge in [0.05, 0.1) is 28.1 Å². The molecule has 7 nitrogen and oxygen atoms in total. The Morgan fingerprint density at radius 2 is 1.97 bits per heavy atom. The first-order valence-electron chi connectivity index (χ1n) is 10.8. The van der Waals surface area contributed by atoms with Crippen LogP contribution in [0.5, 0.6) is 0 Å². The number of aromatic nitrogens is 3. The van der Waals surface area contributed by atoms with Crippen molar-refractivity contribution in [1.82, 2.24) is 20.1 Å². The number of thioether (sulfide) groups is 1. The minimum atomic E-state index is -0.545. The number of rotatable bonds is 10. The number of anilines is 1. The maximum atomic E-state index is 14.0. The Morgan fingerprint density at radius 1 is 1.22 bits per heavy atom. The van der Waals surface area contributed by atoms with Gasteiger partial charge in [-0.15, -0.1) is 16.8 Å². The van der Waals surface area contributed by atoms with Gasteiger partial charge in [-0.25, -0.2) is 4.39 Å². The number of allylic oxidation sites excluding steroid dienone is 1. The van der Waals surface area contributed by atoms with E-state index in [9.17, 15) is 14.0 Å². The van der Waals surface area contributed by atoms with Crippen LogP contribution in [0.1, 0.15) is 36.1 Å². The van der Waals surface area contributed by atoms with E-state index in [2.05, 4.69) is 43.3 Å². The number of halogens is 4. The molecular formula is C24H23BrCl2FN5O2S. The highest BCUT2D eigenvalue weighted by molar-refractivity contribution is 9.10. The molecule has 3 rings (SSSR count). The topological polar surface area (TPSA) is 88.9 Å². The third kappa shape index (κ3) is 7.09. The Balaban J connectivity index is 1.77. The van der Waals surface area contributed by atoms with Crippen molar-refractivity contribution in [2.45, 2.75) is 31.6 Å². The molecule has 2 amide bonds. The molecule has 0 fully saturated rings. The quantitative estimate of drug-likeness (QED) is 0.200. The van der Waals surface area contributed by atoms with Gasteiger partial charge < -0.3 is 15.2 Å². The number of hydrogen-bond donors (Lipinski definition) is 2. The van der Waals surface area contributed by atoms with E-state index in [1.807, 2.05) is 13.8 Å². The van der Waals surface area contributed by atoms with Crippen LogP contribution in [0.4, 0.5) is 10.1 Å². The van der Waals surface area contributed by atoms with Crippen molar-refractivity contribution >= 4 is 68.4 Å². The second-order valence-corrected chi connectivity index (χ2v) is 10.7. The van der Waals surface area contributed by atoms with Crippen LogP contribution >= 0.6 is 50.9 Å². The summed E-state index contributed by atoms with van der Waals surface area (Å²) in [5, 5.41) is 15.2. The maximum Gasteiger partial charge on any atom is 0.253 e. The predicted molar refractivity (Wildman–Crippen MR) is 145 cm³/mol. The number of carbonyl (C=O) groups is 2. The third-order valence-electron chi connectivity index (χ3n) is 5.00. The molecule has 2 aromatic carbocycles. The fourth-order valence-corrected chi connectivity index (χ4v) is 4.85. The first-order chi connectivity index (χ1) is 17.1. The molecule has 190 valence electrons. The van der Waals surface area contributed by atoms with Crippen LogP contribution in [0.3, 0.4) is 0 Å². The largest absolute Gasteiger partial charge is 0.342 e. The predicted octanol–water partition coefficient (Wildman–Crippen LogP) is 6.53. The van der Waals surface area contributed by atoms with E-state index in [0.29, 0.717) is 27.0 Å². The Bertz CT molecular complexity index is 1290. The van der Waals surface area contributed by atoms with Crippen LogP contribution in [0.15, 0.2) is 58.7 Å². The Kier molecular flexibility index (Phi) is 9.95. The molecule has 1 heterocycles. The summed E-state index contributed by atoms with van der Waals surface area (Å²) in [7, 11) is 0. The lowest BCUT2D eigenvalue weighted by Gasteiger charge is -2.23. The van der Waals surface area contributed by atoms with E-state index in [0.717, 1.165) is 11.8 Å². The van der Waals surface area contributed by atoms with Gasteiger partial charge in [0.2, 0.25) is 5.91 Å². The van der Waals surface area contributed by atoms with Gasteiger partial charge in [-0.3, -0.25) is 9.59 Å². The fraction of sp³-hybridized carbons (Fsp3) is 0.250. The highest BCUT2D eigenvalue weighted by Gasteiger charge is 2.27. The average Bonchev–Trinajstić information content (AvgIpc) is 3.20. The molecule has 2 N–H and O–H groups in total. The van der Waals surface area contributed by atoms with Gasteiger partial charge in [0.15, 0.2) is 11.0 Å². The maximum absolute atomic E-state index is 14.0. The normalized spacial score (nSPS) is 11.9. The van der Waals surface area contributed by atoms with Gasteiger partial charge in [0, 0.05) is 16.0 Å². The van der Waals surface area contributed by atoms with Gasteiger partial charge in [0.25, 0.3) is 5.91 Å². The zero-order valence-corrected chi connectivity index (χ0v) is 23.3. The number of hydrogen-bond acceptors (Lipinski definition) is 5. The summed E-state index contributed by atoms with van der Waals surface area (Å²) in [6.07, 6.45) is 1.67. The number of nitrogens with one attached hydrogen (secondary N) is 2. The number of amides is 2. The molecule has 0 spiro atoms. The molecule has 3 aromatic rings. The zero-order valence-electron chi connectivity index (χ0n) is 19.4. The van der Waals surface area contributed by atoms with Crippen molar-refractivity contribution in [3.8, 4) is 0 Å². The molecule has 0 aliphatic heterocycles. The fourth-order valence-electron chi connectivity index (χ4n) is 3.27. The first kappa shape index (κ1) is 28.2. The third-order valence-corrected chi connectivity index (χ3v) is 7.01. The summed E-state index contributed by atoms with van der Waals surface area (Å²) < 4.78 is 16.4. The van der Waals surface area contributed by atoms with Crippen molar-refractivity contribution in [2.75, 3.05) is 11.1 Å². The van der Waals surface area contributed by atoms with Crippen LogP contribution < -0.4 is 10.6 Å². The molecule has 1 atom stereocenters. The van der Waals surface area contributed by atoms with Crippen molar-refractivity contribution < 1.29 is 14.0 Å². The van der Waals surface area contributed by atoms with Gasteiger partial charge >= 0.3 is 0 Å². The van der Waals surface area contributed by atoms with E-state index in [1.165, 1.54) is 18.2 Å². The van der Waals surface area contributed by atoms with Crippen molar-refractivity contribution in [1.29, 1.82) is 0 Å². The van der Waals surface area contributed by atoms with Crippen molar-refractivity contribution in [3.63, 3.8) is 0 Å². The Morgan fingerprint density at radius 3 is 2.61 bits per heavy atom. The molecule has 0 saturated carbocycles. The van der Waals surface area contributed by atoms with Gasteiger partial charge in [-0.05, 0) is 42.3 Å². The average molecular weight is 615 g/mol. The summed E-state index contributed by atoms with van der Waals surface area (Å²) in [4.78, 5) is 25.4. The number of nitrogens with zero attached hydrogens (tertiary/aromatic N) is 3. The SMILES string of the molecule is C=CCn1c(SCC(=O)Nc2ccc(Br)cc2F)nnc1[C@@H](NC(=O)c1ccc(Cl)cc1Cl)C(C)C. The summed E-state index contributed by atoms with van der Waals surface area (Å²) in [5.41, 5.74) is 0.369. The first-order valence-corrected chi connectivity index (χ1v) is 13.3. The Labute approximate surface area is 231 Å². The van der Waals surface area contributed by atoms with Crippen LogP contribution in [0, 0.1) is 11.7 Å². The summed E-state index contributed by atoms with van der Waals surface area (Å²) >= 11 is 16.5. The highest BCUT2D eigenvalue weighted by atomic mass is 79.9. The van der Waals surface area contributed by atoms with Gasteiger partial charge in [-0.2, -0.15) is 0 Å². The van der Waals surface area contributed by atoms with Gasteiger partial charge in [-0.1, -0.05) is 70.8 Å². The smallest absolute Gasteiger partial charge is 0.253 e. The van der Waals surface area contributed by atoms with Crippen LogP contribution in [0.2, 0.25) is 10.0 Å². The minimum absolute atomic E-state index is 0.0239.